The van der Waals surface area contributed by atoms with Gasteiger partial charge in [-0.05, 0) is 24.3 Å². The van der Waals surface area contributed by atoms with E-state index in [-0.39, 0.29) is 16.4 Å². The zero-order valence-electron chi connectivity index (χ0n) is 11.6. The molecule has 0 radical (unpaired) electrons. The molecule has 0 atom stereocenters. The molecule has 0 aliphatic carbocycles. The van der Waals surface area contributed by atoms with E-state index in [4.69, 9.17) is 5.73 Å². The fraction of sp³-hybridized carbons (Fsp3) is 0.0714. The smallest absolute Gasteiger partial charge is 0.267 e. The van der Waals surface area contributed by atoms with Crippen molar-refractivity contribution in [1.82, 2.24) is 14.8 Å². The third-order valence-corrected chi connectivity index (χ3v) is 4.11. The summed E-state index contributed by atoms with van der Waals surface area (Å²) in [6.45, 7) is 0. The highest BCUT2D eigenvalue weighted by Gasteiger charge is 2.21. The number of nitrogens with zero attached hydrogens (tertiary/aromatic N) is 3. The van der Waals surface area contributed by atoms with Gasteiger partial charge in [0.05, 0.1) is 11.1 Å². The van der Waals surface area contributed by atoms with E-state index in [0.717, 1.165) is 6.26 Å². The number of primary amides is 1. The minimum atomic E-state index is -3.54. The fourth-order valence-corrected chi connectivity index (χ4v) is 2.92. The number of aromatic nitrogens is 3. The molecular formula is C14H12N4O3S. The van der Waals surface area contributed by atoms with Crippen molar-refractivity contribution in [1.29, 1.82) is 0 Å². The summed E-state index contributed by atoms with van der Waals surface area (Å²) in [5.74, 6) is -0.691. The highest BCUT2D eigenvalue weighted by atomic mass is 32.2. The van der Waals surface area contributed by atoms with E-state index in [9.17, 15) is 13.2 Å². The molecule has 0 fully saturated rings. The number of fused-ring (bicyclic) bond motifs is 1. The number of nitrogens with two attached hydrogens (primary N) is 1. The molecule has 0 aliphatic heterocycles. The second-order valence-corrected chi connectivity index (χ2v) is 6.69. The number of benzene rings is 1. The molecule has 2 heterocycles. The zero-order valence-corrected chi connectivity index (χ0v) is 12.4. The van der Waals surface area contributed by atoms with Crippen molar-refractivity contribution < 1.29 is 13.2 Å². The molecule has 2 aromatic heterocycles. The fourth-order valence-electron chi connectivity index (χ4n) is 2.13. The van der Waals surface area contributed by atoms with E-state index in [1.54, 1.807) is 24.3 Å². The molecule has 112 valence electrons. The number of hydrogen-bond acceptors (Lipinski definition) is 5. The van der Waals surface area contributed by atoms with Crippen LogP contribution >= 0.6 is 0 Å². The monoisotopic (exact) mass is 316 g/mol. The molecule has 7 nitrogen and oxygen atoms in total. The number of hydrogen-bond donors (Lipinski definition) is 1. The maximum atomic E-state index is 11.9. The van der Waals surface area contributed by atoms with Crippen LogP contribution in [-0.2, 0) is 9.84 Å². The van der Waals surface area contributed by atoms with Crippen molar-refractivity contribution >= 4 is 26.8 Å². The second-order valence-electron chi connectivity index (χ2n) is 4.76. The normalized spacial score (nSPS) is 11.7. The summed E-state index contributed by atoms with van der Waals surface area (Å²) in [5, 5.41) is 4.40. The van der Waals surface area contributed by atoms with E-state index in [1.165, 1.54) is 16.8 Å². The first-order chi connectivity index (χ1) is 10.4. The van der Waals surface area contributed by atoms with Crippen LogP contribution in [0.4, 0.5) is 0 Å². The van der Waals surface area contributed by atoms with Gasteiger partial charge in [-0.25, -0.2) is 18.1 Å². The summed E-state index contributed by atoms with van der Waals surface area (Å²) in [7, 11) is -3.54. The standard InChI is InChI=1S/C14H12N4O3S/c1-22(20,21)14-10-7-8-11(12(15)19)16-13(10)18(17-14)9-5-3-2-4-6-9/h2-8H,1H3,(H2,15,19). The van der Waals surface area contributed by atoms with Gasteiger partial charge in [-0.3, -0.25) is 4.79 Å². The van der Waals surface area contributed by atoms with Gasteiger partial charge < -0.3 is 5.73 Å². The van der Waals surface area contributed by atoms with Gasteiger partial charge >= 0.3 is 0 Å². The van der Waals surface area contributed by atoms with E-state index >= 15 is 0 Å². The maximum Gasteiger partial charge on any atom is 0.267 e. The van der Waals surface area contributed by atoms with Gasteiger partial charge in [0.15, 0.2) is 20.5 Å². The Morgan fingerprint density at radius 2 is 1.82 bits per heavy atom. The molecule has 0 saturated carbocycles. The van der Waals surface area contributed by atoms with Crippen LogP contribution in [0.2, 0.25) is 0 Å². The van der Waals surface area contributed by atoms with Gasteiger partial charge in [-0.2, -0.15) is 5.10 Å². The van der Waals surface area contributed by atoms with E-state index in [0.29, 0.717) is 11.1 Å². The largest absolute Gasteiger partial charge is 0.364 e. The van der Waals surface area contributed by atoms with Crippen LogP contribution in [-0.4, -0.2) is 35.3 Å². The number of sulfone groups is 1. The van der Waals surface area contributed by atoms with Crippen LogP contribution in [0.5, 0.6) is 0 Å². The Bertz CT molecular complexity index is 978. The predicted octanol–water partition coefficient (Wildman–Crippen LogP) is 0.923. The Morgan fingerprint density at radius 1 is 1.14 bits per heavy atom. The number of pyridine rings is 1. The Morgan fingerprint density at radius 3 is 2.41 bits per heavy atom. The predicted molar refractivity (Wildman–Crippen MR) is 80.5 cm³/mol. The van der Waals surface area contributed by atoms with E-state index in [2.05, 4.69) is 10.1 Å². The lowest BCUT2D eigenvalue weighted by molar-refractivity contribution is 0.0996. The van der Waals surface area contributed by atoms with Crippen molar-refractivity contribution in [3.8, 4) is 5.69 Å². The van der Waals surface area contributed by atoms with Crippen molar-refractivity contribution in [3.05, 3.63) is 48.2 Å². The minimum Gasteiger partial charge on any atom is -0.364 e. The van der Waals surface area contributed by atoms with Crippen molar-refractivity contribution in [2.24, 2.45) is 5.73 Å². The molecular weight excluding hydrogens is 304 g/mol. The Hall–Kier alpha value is -2.74. The first-order valence-corrected chi connectivity index (χ1v) is 8.22. The molecule has 0 saturated heterocycles. The second kappa shape index (κ2) is 4.92. The van der Waals surface area contributed by atoms with Crippen molar-refractivity contribution in [2.75, 3.05) is 6.26 Å². The summed E-state index contributed by atoms with van der Waals surface area (Å²) < 4.78 is 25.2. The third-order valence-electron chi connectivity index (χ3n) is 3.10. The number of rotatable bonds is 3. The van der Waals surface area contributed by atoms with Crippen molar-refractivity contribution in [2.45, 2.75) is 5.03 Å². The molecule has 0 spiro atoms. The molecule has 1 aromatic carbocycles. The van der Waals surface area contributed by atoms with Gasteiger partial charge in [0.25, 0.3) is 5.91 Å². The van der Waals surface area contributed by atoms with Crippen LogP contribution in [0, 0.1) is 0 Å². The number of carbonyl (C=O) groups excluding carboxylic acids is 1. The average molecular weight is 316 g/mol. The summed E-state index contributed by atoms with van der Waals surface area (Å²) in [6.07, 6.45) is 1.08. The van der Waals surface area contributed by atoms with Gasteiger partial charge in [0, 0.05) is 6.26 Å². The van der Waals surface area contributed by atoms with E-state index in [1.807, 2.05) is 6.07 Å². The summed E-state index contributed by atoms with van der Waals surface area (Å²) in [6, 6.07) is 11.8. The number of amides is 1. The van der Waals surface area contributed by atoms with Crippen LogP contribution in [0.25, 0.3) is 16.7 Å². The maximum absolute atomic E-state index is 11.9. The summed E-state index contributed by atoms with van der Waals surface area (Å²) in [5.41, 5.74) is 6.19. The average Bonchev–Trinajstić information content (AvgIpc) is 2.86. The Balaban J connectivity index is 2.40. The molecule has 0 unspecified atom stereocenters. The zero-order chi connectivity index (χ0) is 15.9. The van der Waals surface area contributed by atoms with Crippen LogP contribution in [0.1, 0.15) is 10.5 Å². The van der Waals surface area contributed by atoms with Gasteiger partial charge in [0.1, 0.15) is 5.69 Å². The molecule has 22 heavy (non-hydrogen) atoms. The molecule has 2 N–H and O–H groups in total. The van der Waals surface area contributed by atoms with Gasteiger partial charge in [-0.15, -0.1) is 0 Å². The van der Waals surface area contributed by atoms with Crippen LogP contribution < -0.4 is 5.73 Å². The lowest BCUT2D eigenvalue weighted by Gasteiger charge is -2.02. The lowest BCUT2D eigenvalue weighted by atomic mass is 10.3. The minimum absolute atomic E-state index is 0.0460. The quantitative estimate of drug-likeness (QED) is 0.773. The summed E-state index contributed by atoms with van der Waals surface area (Å²) in [4.78, 5) is 15.5. The van der Waals surface area contributed by atoms with Gasteiger partial charge in [-0.1, -0.05) is 18.2 Å². The number of carbonyl (C=O) groups is 1. The first kappa shape index (κ1) is 14.2. The highest BCUT2D eigenvalue weighted by Crippen LogP contribution is 2.24. The van der Waals surface area contributed by atoms with Crippen LogP contribution in [0.3, 0.4) is 0 Å². The molecule has 0 aliphatic rings. The lowest BCUT2D eigenvalue weighted by Crippen LogP contribution is -2.13. The third kappa shape index (κ3) is 2.33. The molecule has 3 aromatic rings. The van der Waals surface area contributed by atoms with Crippen LogP contribution in [0.15, 0.2) is 47.5 Å². The molecule has 1 amide bonds. The summed E-state index contributed by atoms with van der Waals surface area (Å²) >= 11 is 0. The van der Waals surface area contributed by atoms with E-state index < -0.39 is 15.7 Å². The Labute approximate surface area is 126 Å². The van der Waals surface area contributed by atoms with Crippen molar-refractivity contribution in [3.63, 3.8) is 0 Å². The topological polar surface area (TPSA) is 108 Å². The molecule has 0 bridgehead atoms. The Kier molecular flexibility index (Phi) is 3.18. The molecule has 8 heteroatoms. The first-order valence-electron chi connectivity index (χ1n) is 6.33. The molecule has 3 rings (SSSR count). The number of para-hydroxylation sites is 1. The van der Waals surface area contributed by atoms with Gasteiger partial charge in [0.2, 0.25) is 0 Å². The SMILES string of the molecule is CS(=O)(=O)c1nn(-c2ccccc2)c2nc(C(N)=O)ccc12. The highest BCUT2D eigenvalue weighted by molar-refractivity contribution is 7.90.